The molecule has 2 aliphatic heterocycles. The number of hydrazine groups is 1. The van der Waals surface area contributed by atoms with Gasteiger partial charge in [-0.1, -0.05) is 19.8 Å². The van der Waals surface area contributed by atoms with Crippen molar-refractivity contribution in [2.75, 3.05) is 43.6 Å². The Bertz CT molecular complexity index is 782. The van der Waals surface area contributed by atoms with Crippen LogP contribution >= 0.6 is 11.3 Å². The molecular weight excluding hydrogens is 359 g/mol. The fourth-order valence-electron chi connectivity index (χ4n) is 3.86. The highest BCUT2D eigenvalue weighted by molar-refractivity contribution is 7.16. The predicted molar refractivity (Wildman–Crippen MR) is 112 cm³/mol. The molecule has 0 unspecified atom stereocenters. The monoisotopic (exact) mass is 388 g/mol. The van der Waals surface area contributed by atoms with Crippen LogP contribution in [0.25, 0.3) is 0 Å². The van der Waals surface area contributed by atoms with Crippen LogP contribution in [-0.2, 0) is 13.0 Å². The molecule has 4 nitrogen and oxygen atoms in total. The first-order valence-corrected chi connectivity index (χ1v) is 10.9. The summed E-state index contributed by atoms with van der Waals surface area (Å²) in [6.45, 7) is 7.06. The van der Waals surface area contributed by atoms with Gasteiger partial charge in [0, 0.05) is 43.2 Å². The molecule has 0 radical (unpaired) electrons. The Balaban J connectivity index is 1.70. The van der Waals surface area contributed by atoms with E-state index in [0.29, 0.717) is 0 Å². The molecule has 2 aromatic rings. The van der Waals surface area contributed by atoms with Crippen LogP contribution in [0.4, 0.5) is 20.8 Å². The van der Waals surface area contributed by atoms with E-state index in [0.717, 1.165) is 50.5 Å². The topological polar surface area (TPSA) is 21.8 Å². The number of hydrogen-bond donors (Lipinski definition) is 1. The first-order valence-electron chi connectivity index (χ1n) is 10.0. The second kappa shape index (κ2) is 8.17. The van der Waals surface area contributed by atoms with Crippen LogP contribution in [0.1, 0.15) is 36.6 Å². The number of piperazine rings is 1. The second-order valence-electron chi connectivity index (χ2n) is 7.58. The molecule has 1 N–H and O–H groups in total. The molecule has 27 heavy (non-hydrogen) atoms. The van der Waals surface area contributed by atoms with Crippen LogP contribution in [0.2, 0.25) is 0 Å². The number of halogens is 1. The van der Waals surface area contributed by atoms with Gasteiger partial charge >= 0.3 is 0 Å². The van der Waals surface area contributed by atoms with Gasteiger partial charge in [0.15, 0.2) is 0 Å². The Kier molecular flexibility index (Phi) is 5.66. The van der Waals surface area contributed by atoms with E-state index in [-0.39, 0.29) is 5.82 Å². The van der Waals surface area contributed by atoms with Crippen LogP contribution in [-0.4, -0.2) is 43.1 Å². The Hall–Kier alpha value is -1.63. The smallest absolute Gasteiger partial charge is 0.125 e. The Morgan fingerprint density at radius 3 is 2.70 bits per heavy atom. The van der Waals surface area contributed by atoms with E-state index < -0.39 is 0 Å². The number of rotatable bonds is 5. The van der Waals surface area contributed by atoms with Gasteiger partial charge in [0.2, 0.25) is 0 Å². The van der Waals surface area contributed by atoms with Crippen LogP contribution in [0.3, 0.4) is 0 Å². The molecule has 3 heterocycles. The van der Waals surface area contributed by atoms with Gasteiger partial charge in [-0.05, 0) is 44.2 Å². The zero-order chi connectivity index (χ0) is 18.8. The van der Waals surface area contributed by atoms with Crippen LogP contribution in [0.5, 0.6) is 0 Å². The van der Waals surface area contributed by atoms with E-state index >= 15 is 0 Å². The lowest BCUT2D eigenvalue weighted by Gasteiger charge is -2.40. The minimum atomic E-state index is -0.190. The molecule has 2 aliphatic rings. The number of likely N-dealkylation sites (N-methyl/N-ethyl adjacent to an activating group) is 1. The summed E-state index contributed by atoms with van der Waals surface area (Å²) in [5, 5.41) is 9.54. The third-order valence-corrected chi connectivity index (χ3v) is 6.69. The zero-order valence-electron chi connectivity index (χ0n) is 16.3. The van der Waals surface area contributed by atoms with E-state index in [1.54, 1.807) is 12.1 Å². The van der Waals surface area contributed by atoms with Crippen molar-refractivity contribution in [3.63, 3.8) is 0 Å². The largest absolute Gasteiger partial charge is 0.379 e. The summed E-state index contributed by atoms with van der Waals surface area (Å²) in [5.41, 5.74) is 3.26. The maximum absolute atomic E-state index is 13.9. The summed E-state index contributed by atoms with van der Waals surface area (Å²) in [6.07, 6.45) is 4.93. The van der Waals surface area contributed by atoms with E-state index in [1.165, 1.54) is 34.7 Å². The van der Waals surface area contributed by atoms with Gasteiger partial charge in [0.25, 0.3) is 0 Å². The molecule has 1 saturated heterocycles. The maximum Gasteiger partial charge on any atom is 0.125 e. The molecule has 1 fully saturated rings. The van der Waals surface area contributed by atoms with Gasteiger partial charge in [0.1, 0.15) is 10.8 Å². The summed E-state index contributed by atoms with van der Waals surface area (Å²) in [5.74, 6) is -0.190. The Labute approximate surface area is 165 Å². The molecule has 146 valence electrons. The molecular formula is C21H29FN4S. The summed E-state index contributed by atoms with van der Waals surface area (Å²) in [4.78, 5) is 3.82. The molecule has 0 aliphatic carbocycles. The Morgan fingerprint density at radius 2 is 1.93 bits per heavy atom. The number of unbranched alkanes of at least 4 members (excludes halogenated alkanes) is 2. The highest BCUT2D eigenvalue weighted by atomic mass is 32.1. The molecule has 0 spiro atoms. The lowest BCUT2D eigenvalue weighted by Crippen LogP contribution is -2.51. The van der Waals surface area contributed by atoms with Crippen molar-refractivity contribution in [2.45, 2.75) is 39.2 Å². The number of benzene rings is 1. The summed E-state index contributed by atoms with van der Waals surface area (Å²) >= 11 is 1.91. The number of aryl methyl sites for hydroxylation is 1. The average molecular weight is 389 g/mol. The fourth-order valence-corrected chi connectivity index (χ4v) is 5.12. The minimum Gasteiger partial charge on any atom is -0.379 e. The number of nitrogens with one attached hydrogen (secondary N) is 1. The van der Waals surface area contributed by atoms with Crippen molar-refractivity contribution >= 4 is 27.7 Å². The summed E-state index contributed by atoms with van der Waals surface area (Å²) in [7, 11) is 2.17. The number of anilines is 3. The van der Waals surface area contributed by atoms with E-state index in [9.17, 15) is 4.39 Å². The van der Waals surface area contributed by atoms with E-state index in [4.69, 9.17) is 0 Å². The van der Waals surface area contributed by atoms with Gasteiger partial charge in [0.05, 0.1) is 11.4 Å². The first kappa shape index (κ1) is 18.7. The van der Waals surface area contributed by atoms with E-state index in [2.05, 4.69) is 40.3 Å². The number of fused-ring (bicyclic) bond motifs is 2. The third-order valence-electron chi connectivity index (χ3n) is 5.48. The number of thiophene rings is 1. The molecule has 0 amide bonds. The highest BCUT2D eigenvalue weighted by Crippen LogP contribution is 2.44. The SMILES string of the molecule is CCCCCc1cc2c(s1)N(N1CCN(C)CC1)c1ccc(F)cc1NC2. The standard InChI is InChI=1S/C21H29FN4S/c1-3-4-5-6-18-13-16-15-23-19-14-17(22)7-8-20(19)26(21(16)27-18)25-11-9-24(2)10-12-25/h7-8,13-14,23H,3-6,9-12,15H2,1-2H3. The van der Waals surface area contributed by atoms with Crippen molar-refractivity contribution in [1.82, 2.24) is 9.91 Å². The fraction of sp³-hybridized carbons (Fsp3) is 0.524. The summed E-state index contributed by atoms with van der Waals surface area (Å²) < 4.78 is 13.9. The van der Waals surface area contributed by atoms with Gasteiger partial charge in [-0.15, -0.1) is 11.3 Å². The van der Waals surface area contributed by atoms with Gasteiger partial charge < -0.3 is 10.2 Å². The summed E-state index contributed by atoms with van der Waals surface area (Å²) in [6, 6.07) is 7.47. The van der Waals surface area contributed by atoms with Gasteiger partial charge in [-0.2, -0.15) is 0 Å². The first-order chi connectivity index (χ1) is 13.2. The molecule has 0 bridgehead atoms. The highest BCUT2D eigenvalue weighted by Gasteiger charge is 2.29. The molecule has 4 rings (SSSR count). The Morgan fingerprint density at radius 1 is 1.11 bits per heavy atom. The van der Waals surface area contributed by atoms with Crippen molar-refractivity contribution in [3.8, 4) is 0 Å². The average Bonchev–Trinajstić information content (AvgIpc) is 3.00. The predicted octanol–water partition coefficient (Wildman–Crippen LogP) is 4.85. The second-order valence-corrected chi connectivity index (χ2v) is 8.70. The molecule has 6 heteroatoms. The van der Waals surface area contributed by atoms with Crippen molar-refractivity contribution < 1.29 is 4.39 Å². The van der Waals surface area contributed by atoms with E-state index in [1.807, 2.05) is 17.4 Å². The molecule has 0 atom stereocenters. The lowest BCUT2D eigenvalue weighted by molar-refractivity contribution is 0.155. The van der Waals surface area contributed by atoms with Gasteiger partial charge in [-0.3, -0.25) is 5.01 Å². The minimum absolute atomic E-state index is 0.190. The van der Waals surface area contributed by atoms with Gasteiger partial charge in [-0.25, -0.2) is 9.40 Å². The maximum atomic E-state index is 13.9. The zero-order valence-corrected chi connectivity index (χ0v) is 17.1. The van der Waals surface area contributed by atoms with Crippen molar-refractivity contribution in [1.29, 1.82) is 0 Å². The van der Waals surface area contributed by atoms with Crippen LogP contribution in [0, 0.1) is 5.82 Å². The third kappa shape index (κ3) is 3.98. The molecule has 1 aromatic heterocycles. The quantitative estimate of drug-likeness (QED) is 0.740. The van der Waals surface area contributed by atoms with Crippen molar-refractivity contribution in [2.24, 2.45) is 0 Å². The van der Waals surface area contributed by atoms with Crippen LogP contribution < -0.4 is 10.3 Å². The molecule has 1 aromatic carbocycles. The van der Waals surface area contributed by atoms with Crippen molar-refractivity contribution in [3.05, 3.63) is 40.5 Å². The molecule has 0 saturated carbocycles. The lowest BCUT2D eigenvalue weighted by atomic mass is 10.1. The number of nitrogens with zero attached hydrogens (tertiary/aromatic N) is 3. The normalized spacial score (nSPS) is 18.0. The van der Waals surface area contributed by atoms with Crippen LogP contribution in [0.15, 0.2) is 24.3 Å². The number of hydrogen-bond acceptors (Lipinski definition) is 5.